The van der Waals surface area contributed by atoms with Crippen LogP contribution in [0.2, 0.25) is 0 Å². The van der Waals surface area contributed by atoms with Gasteiger partial charge in [-0.2, -0.15) is 11.8 Å². The first-order valence-electron chi connectivity index (χ1n) is 8.57. The van der Waals surface area contributed by atoms with E-state index in [9.17, 15) is 14.4 Å². The minimum Gasteiger partial charge on any atom is -0.465 e. The molecule has 0 saturated carbocycles. The highest BCUT2D eigenvalue weighted by atomic mass is 32.2. The Morgan fingerprint density at radius 2 is 2.08 bits per heavy atom. The van der Waals surface area contributed by atoms with Crippen LogP contribution in [0.5, 0.6) is 0 Å². The molecule has 0 spiro atoms. The van der Waals surface area contributed by atoms with Crippen molar-refractivity contribution < 1.29 is 9.53 Å². The summed E-state index contributed by atoms with van der Waals surface area (Å²) in [4.78, 5) is 41.7. The first-order chi connectivity index (χ1) is 12.5. The molecule has 0 unspecified atom stereocenters. The van der Waals surface area contributed by atoms with Crippen LogP contribution in [0, 0.1) is 0 Å². The molecule has 0 bridgehead atoms. The van der Waals surface area contributed by atoms with E-state index in [1.165, 1.54) is 20.9 Å². The van der Waals surface area contributed by atoms with Crippen LogP contribution >= 0.6 is 23.5 Å². The van der Waals surface area contributed by atoms with E-state index < -0.39 is 0 Å². The van der Waals surface area contributed by atoms with Gasteiger partial charge in [0.15, 0.2) is 16.3 Å². The van der Waals surface area contributed by atoms with Crippen molar-refractivity contribution >= 4 is 40.7 Å². The molecule has 2 aromatic heterocycles. The molecule has 3 rings (SSSR count). The molecule has 1 aliphatic rings. The number of carbonyl (C=O) groups is 1. The quantitative estimate of drug-likeness (QED) is 0.512. The summed E-state index contributed by atoms with van der Waals surface area (Å²) in [5.74, 6) is 1.56. The zero-order valence-corrected chi connectivity index (χ0v) is 16.7. The van der Waals surface area contributed by atoms with Gasteiger partial charge in [-0.05, 0) is 13.3 Å². The van der Waals surface area contributed by atoms with Gasteiger partial charge < -0.3 is 9.30 Å². The molecule has 26 heavy (non-hydrogen) atoms. The number of imidazole rings is 1. The van der Waals surface area contributed by atoms with Gasteiger partial charge in [0.05, 0.1) is 18.4 Å². The summed E-state index contributed by atoms with van der Waals surface area (Å²) < 4.78 is 9.57. The Hall–Kier alpha value is -1.68. The molecule has 0 atom stereocenters. The topological polar surface area (TPSA) is 88.1 Å². The maximum atomic E-state index is 13.0. The molecule has 10 heteroatoms. The lowest BCUT2D eigenvalue weighted by atomic mass is 10.3. The Kier molecular flexibility index (Phi) is 5.81. The first kappa shape index (κ1) is 19.1. The summed E-state index contributed by atoms with van der Waals surface area (Å²) in [7, 11) is 1.63. The molecule has 0 amide bonds. The van der Waals surface area contributed by atoms with Gasteiger partial charge in [-0.1, -0.05) is 18.7 Å². The van der Waals surface area contributed by atoms with E-state index in [2.05, 4.69) is 4.98 Å². The third kappa shape index (κ3) is 3.32. The Labute approximate surface area is 158 Å². The summed E-state index contributed by atoms with van der Waals surface area (Å²) in [6.07, 6.45) is 0.693. The molecule has 142 valence electrons. The maximum Gasteiger partial charge on any atom is 0.332 e. The lowest BCUT2D eigenvalue weighted by molar-refractivity contribution is -0.139. The monoisotopic (exact) mass is 398 g/mol. The van der Waals surface area contributed by atoms with Crippen LogP contribution in [-0.2, 0) is 23.1 Å². The molecule has 1 saturated heterocycles. The fourth-order valence-electron chi connectivity index (χ4n) is 2.88. The van der Waals surface area contributed by atoms with Crippen molar-refractivity contribution in [3.05, 3.63) is 20.8 Å². The van der Waals surface area contributed by atoms with Gasteiger partial charge in [-0.3, -0.25) is 18.7 Å². The molecular weight excluding hydrogens is 376 g/mol. The number of hydrogen-bond donors (Lipinski definition) is 0. The standard InChI is InChI=1S/C16H22N4O4S2/c1-4-6-19-14(22)12-13(18(3)16(19)23)17-15(20(12)10-7-25-8-10)26-9-11(21)24-5-2/h10H,4-9H2,1-3H3. The number of ether oxygens (including phenoxy) is 1. The van der Waals surface area contributed by atoms with Crippen LogP contribution in [-0.4, -0.2) is 48.5 Å². The first-order valence-corrected chi connectivity index (χ1v) is 10.7. The maximum absolute atomic E-state index is 13.0. The zero-order chi connectivity index (χ0) is 18.8. The number of thioether (sulfide) groups is 2. The number of aromatic nitrogens is 4. The van der Waals surface area contributed by atoms with E-state index in [0.717, 1.165) is 11.5 Å². The van der Waals surface area contributed by atoms with Gasteiger partial charge in [-0.25, -0.2) is 9.78 Å². The Morgan fingerprint density at radius 3 is 2.65 bits per heavy atom. The van der Waals surface area contributed by atoms with Crippen LogP contribution in [0.3, 0.4) is 0 Å². The number of carbonyl (C=O) groups excluding carboxylic acids is 1. The van der Waals surface area contributed by atoms with E-state index in [0.29, 0.717) is 35.9 Å². The molecule has 8 nitrogen and oxygen atoms in total. The Bertz CT molecular complexity index is 942. The zero-order valence-electron chi connectivity index (χ0n) is 15.1. The minimum atomic E-state index is -0.362. The highest BCUT2D eigenvalue weighted by Crippen LogP contribution is 2.35. The SMILES string of the molecule is CCCn1c(=O)c2c(nc(SCC(=O)OCC)n2C2CSC2)n(C)c1=O. The van der Waals surface area contributed by atoms with Crippen LogP contribution in [0.15, 0.2) is 14.7 Å². The summed E-state index contributed by atoms with van der Waals surface area (Å²) in [5.41, 5.74) is 0.143. The third-order valence-electron chi connectivity index (χ3n) is 4.20. The smallest absolute Gasteiger partial charge is 0.332 e. The van der Waals surface area contributed by atoms with Gasteiger partial charge >= 0.3 is 11.7 Å². The molecule has 1 aliphatic heterocycles. The van der Waals surface area contributed by atoms with Gasteiger partial charge in [0.25, 0.3) is 5.56 Å². The normalized spacial score (nSPS) is 14.6. The van der Waals surface area contributed by atoms with Crippen LogP contribution in [0.1, 0.15) is 26.3 Å². The van der Waals surface area contributed by atoms with E-state index in [4.69, 9.17) is 4.74 Å². The summed E-state index contributed by atoms with van der Waals surface area (Å²) in [6, 6.07) is 0.148. The minimum absolute atomic E-state index is 0.119. The van der Waals surface area contributed by atoms with Crippen molar-refractivity contribution in [3.63, 3.8) is 0 Å². The fourth-order valence-corrected chi connectivity index (χ4v) is 4.48. The molecule has 1 fully saturated rings. The molecule has 2 aromatic rings. The Morgan fingerprint density at radius 1 is 1.35 bits per heavy atom. The van der Waals surface area contributed by atoms with Gasteiger partial charge in [0.2, 0.25) is 0 Å². The van der Waals surface area contributed by atoms with Crippen molar-refractivity contribution in [2.45, 2.75) is 38.0 Å². The molecule has 0 aliphatic carbocycles. The summed E-state index contributed by atoms with van der Waals surface area (Å²) in [5, 5.41) is 0.583. The Balaban J connectivity index is 2.14. The number of aryl methyl sites for hydroxylation is 1. The average Bonchev–Trinajstić information content (AvgIpc) is 2.93. The number of rotatable bonds is 7. The van der Waals surface area contributed by atoms with Crippen LogP contribution in [0.25, 0.3) is 11.2 Å². The van der Waals surface area contributed by atoms with Crippen LogP contribution < -0.4 is 11.2 Å². The molecule has 0 radical (unpaired) electrons. The second kappa shape index (κ2) is 7.91. The van der Waals surface area contributed by atoms with E-state index >= 15 is 0 Å². The van der Waals surface area contributed by atoms with E-state index in [-0.39, 0.29) is 29.0 Å². The lowest BCUT2D eigenvalue weighted by Gasteiger charge is -2.28. The number of hydrogen-bond acceptors (Lipinski definition) is 7. The number of esters is 1. The predicted octanol–water partition coefficient (Wildman–Crippen LogP) is 1.25. The molecular formula is C16H22N4O4S2. The highest BCUT2D eigenvalue weighted by Gasteiger charge is 2.29. The largest absolute Gasteiger partial charge is 0.465 e. The summed E-state index contributed by atoms with van der Waals surface area (Å²) >= 11 is 3.04. The third-order valence-corrected chi connectivity index (χ3v) is 6.37. The second-order valence-corrected chi connectivity index (χ2v) is 8.04. The van der Waals surface area contributed by atoms with Crippen molar-refractivity contribution in [2.75, 3.05) is 23.9 Å². The van der Waals surface area contributed by atoms with Crippen LogP contribution in [0.4, 0.5) is 0 Å². The molecule has 0 aromatic carbocycles. The van der Waals surface area contributed by atoms with Crippen molar-refractivity contribution in [2.24, 2.45) is 7.05 Å². The number of nitrogens with zero attached hydrogens (tertiary/aromatic N) is 4. The highest BCUT2D eigenvalue weighted by molar-refractivity contribution is 8.00. The van der Waals surface area contributed by atoms with Gasteiger partial charge in [0.1, 0.15) is 0 Å². The predicted molar refractivity (Wildman–Crippen MR) is 103 cm³/mol. The summed E-state index contributed by atoms with van der Waals surface area (Å²) in [6.45, 7) is 4.38. The van der Waals surface area contributed by atoms with Crippen molar-refractivity contribution in [1.82, 2.24) is 18.7 Å². The van der Waals surface area contributed by atoms with E-state index in [1.54, 1.807) is 25.7 Å². The number of fused-ring (bicyclic) bond motifs is 1. The molecule has 0 N–H and O–H groups in total. The average molecular weight is 399 g/mol. The molecule has 3 heterocycles. The fraction of sp³-hybridized carbons (Fsp3) is 0.625. The lowest BCUT2D eigenvalue weighted by Crippen LogP contribution is -2.40. The van der Waals surface area contributed by atoms with Crippen molar-refractivity contribution in [3.8, 4) is 0 Å². The van der Waals surface area contributed by atoms with Gasteiger partial charge in [0, 0.05) is 25.1 Å². The van der Waals surface area contributed by atoms with Gasteiger partial charge in [-0.15, -0.1) is 0 Å². The second-order valence-electron chi connectivity index (χ2n) is 6.02. The van der Waals surface area contributed by atoms with E-state index in [1.807, 2.05) is 11.5 Å². The van der Waals surface area contributed by atoms with Crippen molar-refractivity contribution in [1.29, 1.82) is 0 Å².